The summed E-state index contributed by atoms with van der Waals surface area (Å²) in [5.74, 6) is 2.01. The fourth-order valence-corrected chi connectivity index (χ4v) is 3.09. The van der Waals surface area contributed by atoms with Crippen LogP contribution in [0.5, 0.6) is 11.5 Å². The highest BCUT2D eigenvalue weighted by Crippen LogP contribution is 2.39. The van der Waals surface area contributed by atoms with E-state index in [0.717, 1.165) is 27.7 Å². The van der Waals surface area contributed by atoms with Gasteiger partial charge in [0.1, 0.15) is 17.2 Å². The van der Waals surface area contributed by atoms with E-state index in [1.807, 2.05) is 67.7 Å². The number of aromatic nitrogens is 3. The molecule has 0 saturated heterocycles. The summed E-state index contributed by atoms with van der Waals surface area (Å²) in [5.41, 5.74) is 4.22. The molecule has 0 unspecified atom stereocenters. The van der Waals surface area contributed by atoms with Gasteiger partial charge >= 0.3 is 0 Å². The van der Waals surface area contributed by atoms with E-state index < -0.39 is 0 Å². The predicted molar refractivity (Wildman–Crippen MR) is 106 cm³/mol. The number of hydrogen-bond acceptors (Lipinski definition) is 5. The molecule has 0 bridgehead atoms. The third-order valence-corrected chi connectivity index (χ3v) is 4.48. The minimum absolute atomic E-state index is 0.587. The zero-order valence-electron chi connectivity index (χ0n) is 15.4. The van der Waals surface area contributed by atoms with Crippen molar-refractivity contribution in [2.45, 2.75) is 6.92 Å². The monoisotopic (exact) mass is 357 g/mol. The van der Waals surface area contributed by atoms with Crippen LogP contribution >= 0.6 is 0 Å². The lowest BCUT2D eigenvalue weighted by Crippen LogP contribution is -1.99. The number of benzene rings is 2. The van der Waals surface area contributed by atoms with Crippen molar-refractivity contribution in [1.82, 2.24) is 15.0 Å². The molecule has 2 heterocycles. The summed E-state index contributed by atoms with van der Waals surface area (Å²) in [7, 11) is 3.29. The molecular weight excluding hydrogens is 338 g/mol. The fourth-order valence-electron chi connectivity index (χ4n) is 3.09. The second kappa shape index (κ2) is 7.03. The third-order valence-electron chi connectivity index (χ3n) is 4.48. The summed E-state index contributed by atoms with van der Waals surface area (Å²) in [6, 6.07) is 17.6. The lowest BCUT2D eigenvalue weighted by atomic mass is 10.0. The van der Waals surface area contributed by atoms with Crippen molar-refractivity contribution >= 4 is 10.9 Å². The van der Waals surface area contributed by atoms with Crippen molar-refractivity contribution in [2.24, 2.45) is 0 Å². The highest BCUT2D eigenvalue weighted by atomic mass is 16.5. The van der Waals surface area contributed by atoms with Gasteiger partial charge in [-0.25, -0.2) is 15.0 Å². The molecule has 5 heteroatoms. The van der Waals surface area contributed by atoms with E-state index in [0.29, 0.717) is 23.0 Å². The van der Waals surface area contributed by atoms with Crippen LogP contribution in [0.3, 0.4) is 0 Å². The van der Waals surface area contributed by atoms with Crippen LogP contribution in [-0.2, 0) is 0 Å². The van der Waals surface area contributed by atoms with E-state index >= 15 is 0 Å². The van der Waals surface area contributed by atoms with Crippen LogP contribution in [0.25, 0.3) is 33.7 Å². The van der Waals surface area contributed by atoms with Crippen LogP contribution in [-0.4, -0.2) is 29.2 Å². The normalized spacial score (nSPS) is 10.8. The van der Waals surface area contributed by atoms with Gasteiger partial charge in [0.25, 0.3) is 0 Å². The van der Waals surface area contributed by atoms with Crippen molar-refractivity contribution < 1.29 is 9.47 Å². The van der Waals surface area contributed by atoms with Crippen molar-refractivity contribution in [1.29, 1.82) is 0 Å². The van der Waals surface area contributed by atoms with Crippen molar-refractivity contribution in [3.8, 4) is 34.3 Å². The molecule has 0 N–H and O–H groups in total. The van der Waals surface area contributed by atoms with Crippen LogP contribution < -0.4 is 9.47 Å². The Bertz CT molecular complexity index is 1100. The Balaban J connectivity index is 1.90. The van der Waals surface area contributed by atoms with Crippen LogP contribution in [0.1, 0.15) is 5.56 Å². The summed E-state index contributed by atoms with van der Waals surface area (Å²) < 4.78 is 11.1. The molecule has 0 radical (unpaired) electrons. The van der Waals surface area contributed by atoms with Crippen LogP contribution in [0, 0.1) is 6.92 Å². The van der Waals surface area contributed by atoms with E-state index in [1.54, 1.807) is 14.2 Å². The second-order valence-corrected chi connectivity index (χ2v) is 6.15. The van der Waals surface area contributed by atoms with E-state index in [2.05, 4.69) is 9.97 Å². The van der Waals surface area contributed by atoms with Crippen molar-refractivity contribution in [2.75, 3.05) is 14.2 Å². The molecular formula is C22H19N3O2. The van der Waals surface area contributed by atoms with Gasteiger partial charge in [0.05, 0.1) is 31.0 Å². The minimum Gasteiger partial charge on any atom is -0.496 e. The number of aryl methyl sites for hydroxylation is 1. The zero-order chi connectivity index (χ0) is 18.8. The maximum absolute atomic E-state index is 5.55. The summed E-state index contributed by atoms with van der Waals surface area (Å²) in [6.07, 6.45) is 1.82. The summed E-state index contributed by atoms with van der Waals surface area (Å²) in [5, 5.41) is 1.000. The summed E-state index contributed by atoms with van der Waals surface area (Å²) in [6.45, 7) is 2.01. The number of para-hydroxylation sites is 1. The Hall–Kier alpha value is -3.47. The Labute approximate surface area is 157 Å². The molecule has 0 atom stereocenters. The number of hydrogen-bond donors (Lipinski definition) is 0. The molecule has 27 heavy (non-hydrogen) atoms. The van der Waals surface area contributed by atoms with Gasteiger partial charge < -0.3 is 9.47 Å². The molecule has 4 rings (SSSR count). The number of ether oxygens (including phenoxy) is 2. The molecule has 2 aromatic carbocycles. The lowest BCUT2D eigenvalue weighted by Gasteiger charge is -2.15. The molecule has 4 aromatic rings. The Morgan fingerprint density at radius 3 is 2.26 bits per heavy atom. The largest absolute Gasteiger partial charge is 0.496 e. The van der Waals surface area contributed by atoms with Crippen LogP contribution in [0.4, 0.5) is 0 Å². The molecule has 5 nitrogen and oxygen atoms in total. The van der Waals surface area contributed by atoms with Crippen LogP contribution in [0.2, 0.25) is 0 Å². The average Bonchev–Trinajstić information content (AvgIpc) is 2.73. The Morgan fingerprint density at radius 2 is 1.52 bits per heavy atom. The molecule has 0 fully saturated rings. The van der Waals surface area contributed by atoms with E-state index in [4.69, 9.17) is 14.5 Å². The lowest BCUT2D eigenvalue weighted by molar-refractivity contribution is 0.397. The standard InChI is InChI=1S/C22H19N3O2/c1-14-11-12-17(22-23-13-15-7-4-5-8-16(15)25-22)24-21(14)20-18(26-2)9-6-10-19(20)27-3/h4-13H,1-3H3. The van der Waals surface area contributed by atoms with Gasteiger partial charge in [-0.05, 0) is 36.8 Å². The highest BCUT2D eigenvalue weighted by molar-refractivity contribution is 5.80. The van der Waals surface area contributed by atoms with E-state index in [1.165, 1.54) is 0 Å². The third kappa shape index (κ3) is 3.08. The van der Waals surface area contributed by atoms with Gasteiger partial charge in [0.15, 0.2) is 5.82 Å². The first-order valence-electron chi connectivity index (χ1n) is 8.62. The smallest absolute Gasteiger partial charge is 0.178 e. The first-order chi connectivity index (χ1) is 13.2. The maximum Gasteiger partial charge on any atom is 0.178 e. The molecule has 0 aliphatic heterocycles. The predicted octanol–water partition coefficient (Wildman–Crippen LogP) is 4.68. The molecule has 2 aromatic heterocycles. The maximum atomic E-state index is 5.55. The van der Waals surface area contributed by atoms with Crippen molar-refractivity contribution in [3.05, 3.63) is 66.4 Å². The molecule has 0 aliphatic rings. The Kier molecular flexibility index (Phi) is 4.42. The fraction of sp³-hybridized carbons (Fsp3) is 0.136. The van der Waals surface area contributed by atoms with Gasteiger partial charge in [0.2, 0.25) is 0 Å². The molecule has 0 amide bonds. The highest BCUT2D eigenvalue weighted by Gasteiger charge is 2.17. The molecule has 0 aliphatic carbocycles. The van der Waals surface area contributed by atoms with Gasteiger partial charge in [-0.15, -0.1) is 0 Å². The molecule has 0 saturated carbocycles. The van der Waals surface area contributed by atoms with Gasteiger partial charge in [-0.1, -0.05) is 30.3 Å². The summed E-state index contributed by atoms with van der Waals surface area (Å²) in [4.78, 5) is 14.0. The second-order valence-electron chi connectivity index (χ2n) is 6.15. The SMILES string of the molecule is COc1cccc(OC)c1-c1nc(-c2ncc3ccccc3n2)ccc1C. The van der Waals surface area contributed by atoms with Gasteiger partial charge in [-0.3, -0.25) is 0 Å². The quantitative estimate of drug-likeness (QED) is 0.530. The van der Waals surface area contributed by atoms with Crippen LogP contribution in [0.15, 0.2) is 60.8 Å². The van der Waals surface area contributed by atoms with Gasteiger partial charge in [-0.2, -0.15) is 0 Å². The topological polar surface area (TPSA) is 57.1 Å². The van der Waals surface area contributed by atoms with E-state index in [-0.39, 0.29) is 0 Å². The van der Waals surface area contributed by atoms with Gasteiger partial charge in [0, 0.05) is 11.6 Å². The molecule has 0 spiro atoms. The number of rotatable bonds is 4. The first kappa shape index (κ1) is 17.0. The minimum atomic E-state index is 0.587. The number of fused-ring (bicyclic) bond motifs is 1. The molecule has 134 valence electrons. The number of pyridine rings is 1. The van der Waals surface area contributed by atoms with Crippen molar-refractivity contribution in [3.63, 3.8) is 0 Å². The summed E-state index contributed by atoms with van der Waals surface area (Å²) >= 11 is 0. The zero-order valence-corrected chi connectivity index (χ0v) is 15.4. The number of nitrogens with zero attached hydrogens (tertiary/aromatic N) is 3. The first-order valence-corrected chi connectivity index (χ1v) is 8.62. The average molecular weight is 357 g/mol. The Morgan fingerprint density at radius 1 is 0.778 bits per heavy atom. The number of methoxy groups -OCH3 is 2. The van der Waals surface area contributed by atoms with E-state index in [9.17, 15) is 0 Å².